The third kappa shape index (κ3) is 3.76. The molecule has 5 rings (SSSR count). The number of Topliss-reactive ketones (excluding diaryl/α,β-unsaturated/α-hetero) is 1. The Labute approximate surface area is 192 Å². The minimum atomic E-state index is -3.81. The van der Waals surface area contributed by atoms with Crippen LogP contribution < -0.4 is 13.8 Å². The summed E-state index contributed by atoms with van der Waals surface area (Å²) in [6.45, 7) is 4.78. The summed E-state index contributed by atoms with van der Waals surface area (Å²) in [6.07, 6.45) is 1.45. The first-order valence-corrected chi connectivity index (χ1v) is 12.4. The summed E-state index contributed by atoms with van der Waals surface area (Å²) in [5.74, 6) is 0.976. The van der Waals surface area contributed by atoms with Crippen LogP contribution in [-0.2, 0) is 23.0 Å². The summed E-state index contributed by atoms with van der Waals surface area (Å²) in [5, 5.41) is 4.41. The molecule has 0 atom stereocenters. The molecule has 8 nitrogen and oxygen atoms in total. The molecular formula is C24H25N3O5S. The second kappa shape index (κ2) is 8.22. The second-order valence-electron chi connectivity index (χ2n) is 8.25. The average Bonchev–Trinajstić information content (AvgIpc) is 3.25. The molecule has 0 saturated heterocycles. The molecule has 0 saturated carbocycles. The van der Waals surface area contributed by atoms with E-state index in [9.17, 15) is 13.2 Å². The van der Waals surface area contributed by atoms with E-state index in [1.165, 1.54) is 8.99 Å². The van der Waals surface area contributed by atoms with Gasteiger partial charge in [-0.3, -0.25) is 13.8 Å². The molecule has 1 aromatic heterocycles. The van der Waals surface area contributed by atoms with Crippen LogP contribution in [0.3, 0.4) is 0 Å². The van der Waals surface area contributed by atoms with Crippen LogP contribution in [-0.4, -0.2) is 43.7 Å². The summed E-state index contributed by atoms with van der Waals surface area (Å²) >= 11 is 0. The molecule has 3 heterocycles. The van der Waals surface area contributed by atoms with Gasteiger partial charge in [-0.15, -0.1) is 0 Å². The predicted molar refractivity (Wildman–Crippen MR) is 123 cm³/mol. The van der Waals surface area contributed by atoms with E-state index < -0.39 is 10.0 Å². The Bertz CT molecular complexity index is 1350. The Morgan fingerprint density at radius 1 is 1.06 bits per heavy atom. The smallest absolute Gasteiger partial charge is 0.268 e. The highest BCUT2D eigenvalue weighted by Crippen LogP contribution is 2.35. The highest BCUT2D eigenvalue weighted by atomic mass is 32.2. The van der Waals surface area contributed by atoms with E-state index in [1.54, 1.807) is 32.0 Å². The van der Waals surface area contributed by atoms with Crippen molar-refractivity contribution < 1.29 is 22.7 Å². The van der Waals surface area contributed by atoms with E-state index in [-0.39, 0.29) is 17.2 Å². The fourth-order valence-electron chi connectivity index (χ4n) is 4.44. The van der Waals surface area contributed by atoms with E-state index in [4.69, 9.17) is 9.47 Å². The van der Waals surface area contributed by atoms with Crippen LogP contribution in [0.4, 0.5) is 5.69 Å². The summed E-state index contributed by atoms with van der Waals surface area (Å²) < 4.78 is 41.3. The molecule has 0 unspecified atom stereocenters. The quantitative estimate of drug-likeness (QED) is 0.535. The molecule has 2 aliphatic heterocycles. The molecule has 0 amide bonds. The lowest BCUT2D eigenvalue weighted by atomic mass is 10.1. The molecule has 0 radical (unpaired) electrons. The lowest BCUT2D eigenvalue weighted by Crippen LogP contribution is -2.30. The lowest BCUT2D eigenvalue weighted by Gasteiger charge is -2.19. The number of aryl methyl sites for hydroxylation is 1. The number of aromatic nitrogens is 2. The minimum absolute atomic E-state index is 0.0710. The van der Waals surface area contributed by atoms with Crippen molar-refractivity contribution in [3.63, 3.8) is 0 Å². The number of anilines is 1. The zero-order valence-corrected chi connectivity index (χ0v) is 19.4. The first-order chi connectivity index (χ1) is 15.9. The molecular weight excluding hydrogens is 442 g/mol. The number of carbonyl (C=O) groups excluding carboxylic acids is 1. The minimum Gasteiger partial charge on any atom is -0.490 e. The van der Waals surface area contributed by atoms with Crippen LogP contribution in [0.2, 0.25) is 0 Å². The van der Waals surface area contributed by atoms with E-state index in [2.05, 4.69) is 5.10 Å². The van der Waals surface area contributed by atoms with Gasteiger partial charge in [0, 0.05) is 18.5 Å². The lowest BCUT2D eigenvalue weighted by molar-refractivity contribution is 0.0966. The van der Waals surface area contributed by atoms with Gasteiger partial charge in [0.05, 0.1) is 30.3 Å². The normalized spacial score (nSPS) is 15.3. The van der Waals surface area contributed by atoms with Gasteiger partial charge in [0.25, 0.3) is 10.0 Å². The molecule has 0 aliphatic carbocycles. The van der Waals surface area contributed by atoms with Gasteiger partial charge < -0.3 is 9.47 Å². The molecule has 3 aromatic rings. The zero-order valence-electron chi connectivity index (χ0n) is 18.6. The van der Waals surface area contributed by atoms with Gasteiger partial charge >= 0.3 is 0 Å². The van der Waals surface area contributed by atoms with E-state index in [0.29, 0.717) is 60.3 Å². The molecule has 33 heavy (non-hydrogen) atoms. The van der Waals surface area contributed by atoms with Crippen LogP contribution in [0.15, 0.2) is 47.4 Å². The van der Waals surface area contributed by atoms with Crippen molar-refractivity contribution in [3.8, 4) is 11.5 Å². The number of carbonyl (C=O) groups is 1. The van der Waals surface area contributed by atoms with Crippen LogP contribution in [0.5, 0.6) is 11.5 Å². The first-order valence-electron chi connectivity index (χ1n) is 10.9. The number of benzene rings is 2. The second-order valence-corrected chi connectivity index (χ2v) is 10.0. The first kappa shape index (κ1) is 21.5. The molecule has 2 aliphatic rings. The summed E-state index contributed by atoms with van der Waals surface area (Å²) in [4.78, 5) is 13.2. The van der Waals surface area contributed by atoms with Gasteiger partial charge in [-0.2, -0.15) is 5.10 Å². The molecule has 2 aromatic carbocycles. The van der Waals surface area contributed by atoms with E-state index in [0.717, 1.165) is 12.0 Å². The number of rotatable bonds is 5. The number of hydrogen-bond acceptors (Lipinski definition) is 6. The van der Waals surface area contributed by atoms with Crippen molar-refractivity contribution in [1.29, 1.82) is 0 Å². The zero-order chi connectivity index (χ0) is 23.2. The maximum Gasteiger partial charge on any atom is 0.268 e. The van der Waals surface area contributed by atoms with Crippen LogP contribution >= 0.6 is 0 Å². The van der Waals surface area contributed by atoms with Crippen LogP contribution in [0.1, 0.15) is 33.7 Å². The Kier molecular flexibility index (Phi) is 5.36. The van der Waals surface area contributed by atoms with Crippen molar-refractivity contribution in [2.24, 2.45) is 0 Å². The van der Waals surface area contributed by atoms with Crippen molar-refractivity contribution in [2.45, 2.75) is 38.1 Å². The Hall–Kier alpha value is -3.33. The summed E-state index contributed by atoms with van der Waals surface area (Å²) in [7, 11) is -3.81. The maximum atomic E-state index is 13.6. The van der Waals surface area contributed by atoms with Gasteiger partial charge in [-0.25, -0.2) is 8.42 Å². The van der Waals surface area contributed by atoms with Gasteiger partial charge in [-0.05, 0) is 50.1 Å². The van der Waals surface area contributed by atoms with Gasteiger partial charge in [0.15, 0.2) is 17.3 Å². The number of hydrogen-bond donors (Lipinski definition) is 0. The molecule has 0 spiro atoms. The van der Waals surface area contributed by atoms with Crippen LogP contribution in [0.25, 0.3) is 0 Å². The third-order valence-electron chi connectivity index (χ3n) is 6.07. The fraction of sp³-hybridized carbons (Fsp3) is 0.333. The van der Waals surface area contributed by atoms with E-state index in [1.807, 2.05) is 24.3 Å². The van der Waals surface area contributed by atoms with Crippen molar-refractivity contribution >= 4 is 21.5 Å². The highest BCUT2D eigenvalue weighted by Gasteiger charge is 2.35. The number of fused-ring (bicyclic) bond motifs is 2. The summed E-state index contributed by atoms with van der Waals surface area (Å²) in [6, 6.07) is 12.6. The van der Waals surface area contributed by atoms with Gasteiger partial charge in [-0.1, -0.05) is 18.2 Å². The van der Waals surface area contributed by atoms with Gasteiger partial charge in [0.1, 0.15) is 11.4 Å². The number of ketones is 1. The SMILES string of the molecule is Cc1nn(CC(=O)c2ccc3c(c2)OCCCO3)c(C)c1S(=O)(=O)N1CCc2ccccc21. The van der Waals surface area contributed by atoms with Crippen molar-refractivity contribution in [1.82, 2.24) is 9.78 Å². The molecule has 9 heteroatoms. The van der Waals surface area contributed by atoms with Gasteiger partial charge in [0.2, 0.25) is 0 Å². The number of nitrogens with zero attached hydrogens (tertiary/aromatic N) is 3. The highest BCUT2D eigenvalue weighted by molar-refractivity contribution is 7.93. The average molecular weight is 468 g/mol. The molecule has 172 valence electrons. The maximum absolute atomic E-state index is 13.6. The van der Waals surface area contributed by atoms with Crippen LogP contribution in [0, 0.1) is 13.8 Å². The van der Waals surface area contributed by atoms with Crippen molar-refractivity contribution in [3.05, 3.63) is 65.0 Å². The molecule has 0 bridgehead atoms. The Morgan fingerprint density at radius 2 is 1.82 bits per heavy atom. The fourth-order valence-corrected chi connectivity index (χ4v) is 6.32. The third-order valence-corrected chi connectivity index (χ3v) is 8.14. The Balaban J connectivity index is 1.43. The summed E-state index contributed by atoms with van der Waals surface area (Å²) in [5.41, 5.74) is 2.99. The molecule has 0 fully saturated rings. The number of para-hydroxylation sites is 1. The predicted octanol–water partition coefficient (Wildman–Crippen LogP) is 3.30. The number of ether oxygens (including phenoxy) is 2. The number of sulfonamides is 1. The largest absolute Gasteiger partial charge is 0.490 e. The van der Waals surface area contributed by atoms with Crippen molar-refractivity contribution in [2.75, 3.05) is 24.1 Å². The standard InChI is InChI=1S/C24H25N3O5S/c1-16-24(33(29,30)27-11-10-18-6-3-4-7-20(18)27)17(2)26(25-16)15-21(28)19-8-9-22-23(14-19)32-13-5-12-31-22/h3-4,6-9,14H,5,10-13,15H2,1-2H3. The molecule has 0 N–H and O–H groups in total. The monoisotopic (exact) mass is 467 g/mol. The van der Waals surface area contributed by atoms with E-state index >= 15 is 0 Å². The topological polar surface area (TPSA) is 90.7 Å². The Morgan fingerprint density at radius 3 is 2.64 bits per heavy atom.